The van der Waals surface area contributed by atoms with Crippen molar-refractivity contribution < 1.29 is 0 Å². The van der Waals surface area contributed by atoms with Crippen LogP contribution in [0.1, 0.15) is 57.7 Å². The van der Waals surface area contributed by atoms with Crippen molar-refractivity contribution >= 4 is 0 Å². The molecule has 116 valence electrons. The summed E-state index contributed by atoms with van der Waals surface area (Å²) >= 11 is 0. The predicted molar refractivity (Wildman–Crippen MR) is 84.7 cm³/mol. The minimum absolute atomic E-state index is 0.361. The molecule has 3 atom stereocenters. The highest BCUT2D eigenvalue weighted by molar-refractivity contribution is 5.09. The summed E-state index contributed by atoms with van der Waals surface area (Å²) in [4.78, 5) is 4.46. The maximum atomic E-state index is 6.76. The van der Waals surface area contributed by atoms with E-state index in [1.54, 1.807) is 0 Å². The van der Waals surface area contributed by atoms with Gasteiger partial charge in [-0.3, -0.25) is 0 Å². The van der Waals surface area contributed by atoms with Crippen molar-refractivity contribution in [1.82, 2.24) is 9.55 Å². The molecule has 1 heterocycles. The van der Waals surface area contributed by atoms with Crippen molar-refractivity contribution in [1.29, 1.82) is 0 Å². The standard InChI is InChI=1S/C18H29N3/c1-17-8-13-7-14(9-17)11-18(10-13,12-17)15(19)3-4-16-20-5-6-21(16)2/h5-6,13-15H,3-4,7-12,19H2,1-2H3. The first-order valence-corrected chi connectivity index (χ1v) is 8.70. The van der Waals surface area contributed by atoms with Crippen molar-refractivity contribution in [2.75, 3.05) is 0 Å². The van der Waals surface area contributed by atoms with Gasteiger partial charge < -0.3 is 10.3 Å². The molecule has 0 radical (unpaired) electrons. The fourth-order valence-corrected chi connectivity index (χ4v) is 6.46. The summed E-state index contributed by atoms with van der Waals surface area (Å²) in [6.07, 6.45) is 14.7. The summed E-state index contributed by atoms with van der Waals surface area (Å²) in [6.45, 7) is 2.53. The Labute approximate surface area is 128 Å². The zero-order chi connectivity index (χ0) is 14.7. The van der Waals surface area contributed by atoms with E-state index in [4.69, 9.17) is 5.73 Å². The second kappa shape index (κ2) is 4.58. The highest BCUT2D eigenvalue weighted by Gasteiger charge is 2.57. The molecule has 0 saturated heterocycles. The molecule has 0 spiro atoms. The van der Waals surface area contributed by atoms with Gasteiger partial charge >= 0.3 is 0 Å². The molecule has 21 heavy (non-hydrogen) atoms. The minimum atomic E-state index is 0.361. The highest BCUT2D eigenvalue weighted by atomic mass is 15.0. The first kappa shape index (κ1) is 13.8. The molecule has 4 saturated carbocycles. The third-order valence-corrected chi connectivity index (χ3v) is 6.79. The number of nitrogens with zero attached hydrogens (tertiary/aromatic N) is 2. The van der Waals surface area contributed by atoms with Crippen LogP contribution in [-0.2, 0) is 13.5 Å². The van der Waals surface area contributed by atoms with E-state index in [2.05, 4.69) is 23.5 Å². The molecule has 4 aliphatic carbocycles. The van der Waals surface area contributed by atoms with Gasteiger partial charge in [0.25, 0.3) is 0 Å². The summed E-state index contributed by atoms with van der Waals surface area (Å²) in [7, 11) is 2.08. The third kappa shape index (κ3) is 2.25. The molecule has 4 aliphatic rings. The Kier molecular flexibility index (Phi) is 3.01. The maximum Gasteiger partial charge on any atom is 0.108 e. The quantitative estimate of drug-likeness (QED) is 0.923. The number of aromatic nitrogens is 2. The number of rotatable bonds is 4. The van der Waals surface area contributed by atoms with Crippen LogP contribution in [0.3, 0.4) is 0 Å². The molecule has 4 fully saturated rings. The third-order valence-electron chi connectivity index (χ3n) is 6.79. The Morgan fingerprint density at radius 1 is 1.33 bits per heavy atom. The van der Waals surface area contributed by atoms with Crippen LogP contribution >= 0.6 is 0 Å². The molecule has 0 amide bonds. The van der Waals surface area contributed by atoms with Gasteiger partial charge in [-0.2, -0.15) is 0 Å². The number of hydrogen-bond acceptors (Lipinski definition) is 2. The zero-order valence-corrected chi connectivity index (χ0v) is 13.5. The SMILES string of the molecule is Cn1ccnc1CCC(N)C12CC3CC(CC(C)(C3)C1)C2. The average molecular weight is 287 g/mol. The summed E-state index contributed by atoms with van der Waals surface area (Å²) in [6, 6.07) is 0.361. The van der Waals surface area contributed by atoms with Crippen LogP contribution in [-0.4, -0.2) is 15.6 Å². The molecule has 5 rings (SSSR count). The Hall–Kier alpha value is -0.830. The lowest BCUT2D eigenvalue weighted by Crippen LogP contribution is -2.57. The second-order valence-corrected chi connectivity index (χ2v) is 8.73. The Bertz CT molecular complexity index is 518. The Morgan fingerprint density at radius 2 is 2.05 bits per heavy atom. The van der Waals surface area contributed by atoms with Gasteiger partial charge in [0, 0.05) is 31.9 Å². The van der Waals surface area contributed by atoms with Crippen LogP contribution in [0.5, 0.6) is 0 Å². The number of hydrogen-bond donors (Lipinski definition) is 1. The lowest BCUT2D eigenvalue weighted by molar-refractivity contribution is -0.113. The van der Waals surface area contributed by atoms with Crippen molar-refractivity contribution in [3.05, 3.63) is 18.2 Å². The molecule has 0 aromatic carbocycles. The summed E-state index contributed by atoms with van der Waals surface area (Å²) in [5.74, 6) is 3.12. The number of aryl methyl sites for hydroxylation is 2. The molecule has 3 heteroatoms. The van der Waals surface area contributed by atoms with Gasteiger partial charge in [-0.25, -0.2) is 4.98 Å². The smallest absolute Gasteiger partial charge is 0.108 e. The summed E-state index contributed by atoms with van der Waals surface area (Å²) in [5, 5.41) is 0. The highest BCUT2D eigenvalue weighted by Crippen LogP contribution is 2.66. The average Bonchev–Trinajstić information content (AvgIpc) is 2.78. The lowest BCUT2D eigenvalue weighted by Gasteiger charge is -2.63. The summed E-state index contributed by atoms with van der Waals surface area (Å²) < 4.78 is 2.13. The van der Waals surface area contributed by atoms with Crippen molar-refractivity contribution in [3.8, 4) is 0 Å². The van der Waals surface area contributed by atoms with Crippen LogP contribution < -0.4 is 5.73 Å². The van der Waals surface area contributed by atoms with Gasteiger partial charge in [-0.1, -0.05) is 6.92 Å². The monoisotopic (exact) mass is 287 g/mol. The van der Waals surface area contributed by atoms with Crippen LogP contribution in [0, 0.1) is 22.7 Å². The van der Waals surface area contributed by atoms with Gasteiger partial charge in [-0.15, -0.1) is 0 Å². The van der Waals surface area contributed by atoms with Crippen molar-refractivity contribution in [3.63, 3.8) is 0 Å². The van der Waals surface area contributed by atoms with Crippen LogP contribution in [0.25, 0.3) is 0 Å². The maximum absolute atomic E-state index is 6.76. The molecular formula is C18H29N3. The predicted octanol–water partition coefficient (Wildman–Crippen LogP) is 3.29. The fourth-order valence-electron chi connectivity index (χ4n) is 6.46. The van der Waals surface area contributed by atoms with Gasteiger partial charge in [0.1, 0.15) is 5.82 Å². The van der Waals surface area contributed by atoms with Gasteiger partial charge in [0.2, 0.25) is 0 Å². The zero-order valence-electron chi connectivity index (χ0n) is 13.5. The molecule has 3 unspecified atom stereocenters. The topological polar surface area (TPSA) is 43.8 Å². The normalized spacial score (nSPS) is 42.4. The first-order chi connectivity index (χ1) is 9.98. The lowest BCUT2D eigenvalue weighted by atomic mass is 9.43. The van der Waals surface area contributed by atoms with E-state index in [9.17, 15) is 0 Å². The molecule has 3 nitrogen and oxygen atoms in total. The van der Waals surface area contributed by atoms with Gasteiger partial charge in [0.05, 0.1) is 0 Å². The van der Waals surface area contributed by atoms with Crippen LogP contribution in [0.15, 0.2) is 12.4 Å². The first-order valence-electron chi connectivity index (χ1n) is 8.70. The van der Waals surface area contributed by atoms with Crippen LogP contribution in [0.2, 0.25) is 0 Å². The van der Waals surface area contributed by atoms with E-state index in [1.165, 1.54) is 44.3 Å². The van der Waals surface area contributed by atoms with E-state index >= 15 is 0 Å². The van der Waals surface area contributed by atoms with E-state index in [1.807, 2.05) is 12.4 Å². The fraction of sp³-hybridized carbons (Fsp3) is 0.833. The Morgan fingerprint density at radius 3 is 2.62 bits per heavy atom. The summed E-state index contributed by atoms with van der Waals surface area (Å²) in [5.41, 5.74) is 7.81. The number of imidazole rings is 1. The largest absolute Gasteiger partial charge is 0.338 e. The second-order valence-electron chi connectivity index (χ2n) is 8.73. The molecule has 1 aromatic rings. The van der Waals surface area contributed by atoms with Gasteiger partial charge in [-0.05, 0) is 67.6 Å². The molecular weight excluding hydrogens is 258 g/mol. The van der Waals surface area contributed by atoms with E-state index in [-0.39, 0.29) is 0 Å². The molecule has 0 aliphatic heterocycles. The Balaban J connectivity index is 1.49. The van der Waals surface area contributed by atoms with Crippen molar-refractivity contribution in [2.24, 2.45) is 35.4 Å². The number of nitrogens with two attached hydrogens (primary N) is 1. The van der Waals surface area contributed by atoms with E-state index < -0.39 is 0 Å². The van der Waals surface area contributed by atoms with Crippen molar-refractivity contribution in [2.45, 2.75) is 64.3 Å². The molecule has 2 N–H and O–H groups in total. The minimum Gasteiger partial charge on any atom is -0.338 e. The molecule has 1 aromatic heterocycles. The molecule has 4 bridgehead atoms. The van der Waals surface area contributed by atoms with Crippen LogP contribution in [0.4, 0.5) is 0 Å². The van der Waals surface area contributed by atoms with E-state index in [0.717, 1.165) is 24.7 Å². The van der Waals surface area contributed by atoms with Gasteiger partial charge in [0.15, 0.2) is 0 Å². The van der Waals surface area contributed by atoms with E-state index in [0.29, 0.717) is 16.9 Å².